The molecule has 3 rings (SSSR count). The maximum Gasteiger partial charge on any atom is 0.230 e. The first-order valence-corrected chi connectivity index (χ1v) is 8.38. The van der Waals surface area contributed by atoms with Gasteiger partial charge in [0, 0.05) is 11.9 Å². The number of hydrogen-bond donors (Lipinski definition) is 1. The lowest BCUT2D eigenvalue weighted by Gasteiger charge is -2.07. The zero-order valence-electron chi connectivity index (χ0n) is 12.8. The highest BCUT2D eigenvalue weighted by Gasteiger charge is 2.09. The number of rotatable bonds is 5. The normalized spacial score (nSPS) is 10.7. The Morgan fingerprint density at radius 3 is 2.61 bits per heavy atom. The minimum absolute atomic E-state index is 0.000741. The Labute approximate surface area is 139 Å². The van der Waals surface area contributed by atoms with Crippen LogP contribution in [0.15, 0.2) is 59.6 Å². The van der Waals surface area contributed by atoms with Gasteiger partial charge >= 0.3 is 0 Å². The van der Waals surface area contributed by atoms with Crippen molar-refractivity contribution in [1.29, 1.82) is 0 Å². The van der Waals surface area contributed by atoms with Crippen molar-refractivity contribution in [3.63, 3.8) is 0 Å². The molecule has 0 atom stereocenters. The summed E-state index contributed by atoms with van der Waals surface area (Å²) in [7, 11) is 0. The van der Waals surface area contributed by atoms with Crippen molar-refractivity contribution in [2.45, 2.75) is 18.5 Å². The second kappa shape index (κ2) is 7.24. The molecule has 1 aromatic heterocycles. The number of carbonyl (C=O) groups is 1. The molecule has 2 aromatic carbocycles. The molecule has 0 fully saturated rings. The van der Waals surface area contributed by atoms with Crippen LogP contribution >= 0.6 is 11.8 Å². The molecule has 0 unspecified atom stereocenters. The number of carbonyl (C=O) groups excluding carboxylic acids is 1. The first kappa shape index (κ1) is 15.5. The van der Waals surface area contributed by atoms with Crippen molar-refractivity contribution in [2.75, 3.05) is 5.75 Å². The molecule has 0 bridgehead atoms. The molecule has 1 heterocycles. The van der Waals surface area contributed by atoms with Gasteiger partial charge in [0.05, 0.1) is 11.3 Å². The Morgan fingerprint density at radius 1 is 1.04 bits per heavy atom. The summed E-state index contributed by atoms with van der Waals surface area (Å²) in [4.78, 5) is 20.9. The van der Waals surface area contributed by atoms with E-state index in [1.54, 1.807) is 0 Å². The highest BCUT2D eigenvalue weighted by atomic mass is 32.2. The number of para-hydroxylation sites is 1. The van der Waals surface area contributed by atoms with Gasteiger partial charge in [-0.15, -0.1) is 0 Å². The summed E-state index contributed by atoms with van der Waals surface area (Å²) in [5.74, 6) is 1.06. The van der Waals surface area contributed by atoms with Crippen LogP contribution in [0, 0.1) is 6.92 Å². The molecule has 0 saturated heterocycles. The maximum atomic E-state index is 12.0. The second-order valence-corrected chi connectivity index (χ2v) is 6.11. The van der Waals surface area contributed by atoms with Crippen LogP contribution in [0.2, 0.25) is 0 Å². The molecule has 1 N–H and O–H groups in total. The third-order valence-electron chi connectivity index (χ3n) is 3.35. The van der Waals surface area contributed by atoms with Gasteiger partial charge in [0.2, 0.25) is 5.91 Å². The van der Waals surface area contributed by atoms with Gasteiger partial charge < -0.3 is 5.32 Å². The van der Waals surface area contributed by atoms with Gasteiger partial charge in [-0.05, 0) is 18.6 Å². The summed E-state index contributed by atoms with van der Waals surface area (Å²) in [6.45, 7) is 2.41. The van der Waals surface area contributed by atoms with Crippen molar-refractivity contribution >= 4 is 28.6 Å². The molecule has 1 amide bonds. The number of hydrogen-bond acceptors (Lipinski definition) is 4. The van der Waals surface area contributed by atoms with E-state index in [4.69, 9.17) is 0 Å². The average molecular weight is 323 g/mol. The van der Waals surface area contributed by atoms with Gasteiger partial charge in [-0.25, -0.2) is 9.97 Å². The quantitative estimate of drug-likeness (QED) is 0.578. The lowest BCUT2D eigenvalue weighted by Crippen LogP contribution is -2.24. The largest absolute Gasteiger partial charge is 0.351 e. The molecule has 4 nitrogen and oxygen atoms in total. The first-order chi connectivity index (χ1) is 11.2. The third kappa shape index (κ3) is 4.07. The number of benzene rings is 2. The highest BCUT2D eigenvalue weighted by molar-refractivity contribution is 8.00. The predicted octanol–water partition coefficient (Wildman–Crippen LogP) is 3.35. The smallest absolute Gasteiger partial charge is 0.230 e. The van der Waals surface area contributed by atoms with E-state index in [1.807, 2.05) is 61.5 Å². The molecule has 0 aliphatic carbocycles. The van der Waals surface area contributed by atoms with Crippen LogP contribution in [0.4, 0.5) is 0 Å². The fraction of sp³-hybridized carbons (Fsp3) is 0.167. The zero-order chi connectivity index (χ0) is 16.1. The number of aromatic nitrogens is 2. The zero-order valence-corrected chi connectivity index (χ0v) is 13.6. The second-order valence-electron chi connectivity index (χ2n) is 5.14. The van der Waals surface area contributed by atoms with Gasteiger partial charge in [-0.2, -0.15) is 0 Å². The molecule has 0 radical (unpaired) electrons. The van der Waals surface area contributed by atoms with Crippen LogP contribution in [-0.4, -0.2) is 21.6 Å². The fourth-order valence-corrected chi connectivity index (χ4v) is 3.14. The molecule has 3 aromatic rings. The standard InChI is InChI=1S/C18H17N3OS/c1-13-20-16-10-6-5-9-15(16)18(21-13)23-12-17(22)19-11-14-7-3-2-4-8-14/h2-10H,11-12H2,1H3,(H,19,22). The minimum atomic E-state index is -0.000741. The summed E-state index contributed by atoms with van der Waals surface area (Å²) in [5.41, 5.74) is 2.00. The van der Waals surface area contributed by atoms with Crippen molar-refractivity contribution in [3.8, 4) is 0 Å². The van der Waals surface area contributed by atoms with E-state index in [2.05, 4.69) is 15.3 Å². The molecular formula is C18H17N3OS. The van der Waals surface area contributed by atoms with Crippen LogP contribution in [0.3, 0.4) is 0 Å². The minimum Gasteiger partial charge on any atom is -0.351 e. The summed E-state index contributed by atoms with van der Waals surface area (Å²) in [5, 5.41) is 4.76. The van der Waals surface area contributed by atoms with E-state index in [0.29, 0.717) is 12.3 Å². The highest BCUT2D eigenvalue weighted by Crippen LogP contribution is 2.24. The number of amides is 1. The van der Waals surface area contributed by atoms with Crippen molar-refractivity contribution in [3.05, 3.63) is 66.0 Å². The average Bonchev–Trinajstić information content (AvgIpc) is 2.58. The van der Waals surface area contributed by atoms with Crippen LogP contribution < -0.4 is 5.32 Å². The van der Waals surface area contributed by atoms with Gasteiger partial charge in [0.25, 0.3) is 0 Å². The molecule has 0 aliphatic heterocycles. The third-order valence-corrected chi connectivity index (χ3v) is 4.34. The molecular weight excluding hydrogens is 306 g/mol. The lowest BCUT2D eigenvalue weighted by atomic mass is 10.2. The van der Waals surface area contributed by atoms with E-state index in [1.165, 1.54) is 11.8 Å². The van der Waals surface area contributed by atoms with E-state index >= 15 is 0 Å². The van der Waals surface area contributed by atoms with Crippen LogP contribution in [0.1, 0.15) is 11.4 Å². The Kier molecular flexibility index (Phi) is 4.88. The molecule has 23 heavy (non-hydrogen) atoms. The van der Waals surface area contributed by atoms with Gasteiger partial charge in [0.15, 0.2) is 0 Å². The Bertz CT molecular complexity index is 821. The van der Waals surface area contributed by atoms with Gasteiger partial charge in [-0.3, -0.25) is 4.79 Å². The molecule has 5 heteroatoms. The lowest BCUT2D eigenvalue weighted by molar-refractivity contribution is -0.118. The molecule has 0 saturated carbocycles. The Morgan fingerprint density at radius 2 is 1.78 bits per heavy atom. The number of thioether (sulfide) groups is 1. The summed E-state index contributed by atoms with van der Waals surface area (Å²) in [6, 6.07) is 17.7. The molecule has 0 spiro atoms. The number of fused-ring (bicyclic) bond motifs is 1. The predicted molar refractivity (Wildman–Crippen MR) is 93.3 cm³/mol. The SMILES string of the molecule is Cc1nc(SCC(=O)NCc2ccccc2)c2ccccc2n1. The van der Waals surface area contributed by atoms with E-state index < -0.39 is 0 Å². The Hall–Kier alpha value is -2.40. The monoisotopic (exact) mass is 323 g/mol. The topological polar surface area (TPSA) is 54.9 Å². The van der Waals surface area contributed by atoms with E-state index in [-0.39, 0.29) is 5.91 Å². The van der Waals surface area contributed by atoms with Crippen molar-refractivity contribution < 1.29 is 4.79 Å². The number of nitrogens with zero attached hydrogens (tertiary/aromatic N) is 2. The number of nitrogens with one attached hydrogen (secondary N) is 1. The first-order valence-electron chi connectivity index (χ1n) is 7.39. The van der Waals surface area contributed by atoms with Gasteiger partial charge in [-0.1, -0.05) is 60.3 Å². The molecule has 116 valence electrons. The van der Waals surface area contributed by atoms with Gasteiger partial charge in [0.1, 0.15) is 10.9 Å². The van der Waals surface area contributed by atoms with Crippen LogP contribution in [0.25, 0.3) is 10.9 Å². The van der Waals surface area contributed by atoms with Crippen molar-refractivity contribution in [1.82, 2.24) is 15.3 Å². The van der Waals surface area contributed by atoms with E-state index in [9.17, 15) is 4.79 Å². The summed E-state index contributed by atoms with van der Waals surface area (Å²) >= 11 is 1.44. The Balaban J connectivity index is 1.63. The van der Waals surface area contributed by atoms with Crippen LogP contribution in [0.5, 0.6) is 0 Å². The van der Waals surface area contributed by atoms with Crippen LogP contribution in [-0.2, 0) is 11.3 Å². The fourth-order valence-electron chi connectivity index (χ4n) is 2.25. The maximum absolute atomic E-state index is 12.0. The van der Waals surface area contributed by atoms with E-state index in [0.717, 1.165) is 27.3 Å². The summed E-state index contributed by atoms with van der Waals surface area (Å²) in [6.07, 6.45) is 0. The van der Waals surface area contributed by atoms with Crippen molar-refractivity contribution in [2.24, 2.45) is 0 Å². The summed E-state index contributed by atoms with van der Waals surface area (Å²) < 4.78 is 0. The molecule has 0 aliphatic rings. The number of aryl methyl sites for hydroxylation is 1.